The van der Waals surface area contributed by atoms with Crippen LogP contribution in [0.5, 0.6) is 0 Å². The molecule has 5 atom stereocenters. The Kier molecular flexibility index (Phi) is 11.7. The van der Waals surface area contributed by atoms with Gasteiger partial charge in [-0.05, 0) is 43.7 Å². The molecule has 0 radical (unpaired) electrons. The Morgan fingerprint density at radius 2 is 1.80 bits per heavy atom. The van der Waals surface area contributed by atoms with Crippen LogP contribution in [0.2, 0.25) is 0 Å². The molecule has 0 aromatic heterocycles. The number of carboxylic acid groups (broad SMARTS) is 1. The van der Waals surface area contributed by atoms with E-state index in [1.165, 1.54) is 11.8 Å². The standard InChI is InChI=1S/C19H34N4O6S/c1-4-11(2)15(19(28)29)23-18(27)14(10-24)22-17(26)13(7-9-30-3)21-16(25)12-6-5-8-20-12/h11-15,20,24H,4-10H2,1-3H3,(H,21,25)(H,22,26)(H,23,27)(H,28,29). The molecule has 6 N–H and O–H groups in total. The zero-order valence-corrected chi connectivity index (χ0v) is 18.6. The number of carboxylic acids is 1. The lowest BCUT2D eigenvalue weighted by molar-refractivity contribution is -0.144. The van der Waals surface area contributed by atoms with Crippen molar-refractivity contribution in [3.8, 4) is 0 Å². The second kappa shape index (κ2) is 13.5. The van der Waals surface area contributed by atoms with Crippen molar-refractivity contribution in [1.82, 2.24) is 21.3 Å². The van der Waals surface area contributed by atoms with Crippen molar-refractivity contribution < 1.29 is 29.4 Å². The molecule has 3 amide bonds. The van der Waals surface area contributed by atoms with Crippen LogP contribution in [0, 0.1) is 5.92 Å². The molecule has 172 valence electrons. The number of aliphatic carboxylic acids is 1. The number of aliphatic hydroxyl groups is 1. The first-order chi connectivity index (χ1) is 14.2. The second-order valence-corrected chi connectivity index (χ2v) is 8.43. The summed E-state index contributed by atoms with van der Waals surface area (Å²) in [4.78, 5) is 49.0. The van der Waals surface area contributed by atoms with E-state index < -0.39 is 42.5 Å². The predicted molar refractivity (Wildman–Crippen MR) is 114 cm³/mol. The highest BCUT2D eigenvalue weighted by atomic mass is 32.2. The van der Waals surface area contributed by atoms with Gasteiger partial charge < -0.3 is 31.5 Å². The average Bonchev–Trinajstić information content (AvgIpc) is 3.26. The monoisotopic (exact) mass is 446 g/mol. The minimum Gasteiger partial charge on any atom is -0.480 e. The molecule has 30 heavy (non-hydrogen) atoms. The molecular weight excluding hydrogens is 412 g/mol. The minimum absolute atomic E-state index is 0.276. The van der Waals surface area contributed by atoms with Crippen molar-refractivity contribution in [3.63, 3.8) is 0 Å². The summed E-state index contributed by atoms with van der Waals surface area (Å²) >= 11 is 1.51. The van der Waals surface area contributed by atoms with Crippen LogP contribution >= 0.6 is 11.8 Å². The number of hydrogen-bond donors (Lipinski definition) is 6. The fourth-order valence-electron chi connectivity index (χ4n) is 3.09. The van der Waals surface area contributed by atoms with Crippen molar-refractivity contribution in [1.29, 1.82) is 0 Å². The molecule has 1 fully saturated rings. The largest absolute Gasteiger partial charge is 0.480 e. The number of amides is 3. The number of thioether (sulfide) groups is 1. The Hall–Kier alpha value is -1.85. The second-order valence-electron chi connectivity index (χ2n) is 7.45. The van der Waals surface area contributed by atoms with E-state index >= 15 is 0 Å². The van der Waals surface area contributed by atoms with E-state index in [0.29, 0.717) is 25.0 Å². The maximum atomic E-state index is 12.7. The number of hydrogen-bond acceptors (Lipinski definition) is 7. The molecule has 10 nitrogen and oxygen atoms in total. The van der Waals surface area contributed by atoms with Gasteiger partial charge in [-0.2, -0.15) is 11.8 Å². The van der Waals surface area contributed by atoms with E-state index in [1.54, 1.807) is 13.8 Å². The Labute approximate surface area is 181 Å². The van der Waals surface area contributed by atoms with Crippen molar-refractivity contribution in [3.05, 3.63) is 0 Å². The molecular formula is C19H34N4O6S. The van der Waals surface area contributed by atoms with Gasteiger partial charge in [0.2, 0.25) is 17.7 Å². The third-order valence-corrected chi connectivity index (χ3v) is 5.86. The fourth-order valence-corrected chi connectivity index (χ4v) is 3.56. The van der Waals surface area contributed by atoms with Gasteiger partial charge >= 0.3 is 5.97 Å². The number of aliphatic hydroxyl groups excluding tert-OH is 1. The van der Waals surface area contributed by atoms with Gasteiger partial charge in [0, 0.05) is 0 Å². The van der Waals surface area contributed by atoms with Gasteiger partial charge in [0.15, 0.2) is 0 Å². The molecule has 1 saturated heterocycles. The van der Waals surface area contributed by atoms with Crippen LogP contribution in [-0.4, -0.2) is 83.2 Å². The highest BCUT2D eigenvalue weighted by Gasteiger charge is 2.32. The smallest absolute Gasteiger partial charge is 0.326 e. The van der Waals surface area contributed by atoms with Crippen molar-refractivity contribution in [2.75, 3.05) is 25.2 Å². The zero-order valence-electron chi connectivity index (χ0n) is 17.8. The number of carbonyl (C=O) groups is 4. The molecule has 0 aliphatic carbocycles. The number of carbonyl (C=O) groups excluding carboxylic acids is 3. The molecule has 0 aromatic rings. The van der Waals surface area contributed by atoms with Gasteiger partial charge in [-0.1, -0.05) is 20.3 Å². The number of nitrogens with one attached hydrogen (secondary N) is 4. The van der Waals surface area contributed by atoms with Gasteiger partial charge in [-0.15, -0.1) is 0 Å². The Balaban J connectivity index is 2.78. The van der Waals surface area contributed by atoms with Crippen LogP contribution in [0.3, 0.4) is 0 Å². The molecule has 1 heterocycles. The SMILES string of the molecule is CCC(C)C(NC(=O)C(CO)NC(=O)C(CCSC)NC(=O)C1CCCN1)C(=O)O. The van der Waals surface area contributed by atoms with E-state index in [2.05, 4.69) is 21.3 Å². The molecule has 0 spiro atoms. The van der Waals surface area contributed by atoms with Crippen LogP contribution in [0.25, 0.3) is 0 Å². The summed E-state index contributed by atoms with van der Waals surface area (Å²) in [6.45, 7) is 3.54. The first-order valence-corrected chi connectivity index (χ1v) is 11.6. The molecule has 0 bridgehead atoms. The lowest BCUT2D eigenvalue weighted by Gasteiger charge is -2.25. The van der Waals surface area contributed by atoms with Crippen molar-refractivity contribution in [2.24, 2.45) is 5.92 Å². The predicted octanol–water partition coefficient (Wildman–Crippen LogP) is -0.931. The highest BCUT2D eigenvalue weighted by molar-refractivity contribution is 7.98. The van der Waals surface area contributed by atoms with Crippen LogP contribution in [-0.2, 0) is 19.2 Å². The van der Waals surface area contributed by atoms with E-state index in [0.717, 1.165) is 13.0 Å². The van der Waals surface area contributed by atoms with Gasteiger partial charge in [-0.25, -0.2) is 4.79 Å². The van der Waals surface area contributed by atoms with Crippen LogP contribution < -0.4 is 21.3 Å². The third kappa shape index (κ3) is 8.11. The van der Waals surface area contributed by atoms with Crippen LogP contribution in [0.1, 0.15) is 39.5 Å². The van der Waals surface area contributed by atoms with Gasteiger partial charge in [0.25, 0.3) is 0 Å². The van der Waals surface area contributed by atoms with Gasteiger partial charge in [0.1, 0.15) is 18.1 Å². The van der Waals surface area contributed by atoms with E-state index in [1.807, 2.05) is 6.26 Å². The molecule has 0 saturated carbocycles. The minimum atomic E-state index is -1.32. The lowest BCUT2D eigenvalue weighted by atomic mass is 9.99. The first-order valence-electron chi connectivity index (χ1n) is 10.2. The van der Waals surface area contributed by atoms with Crippen LogP contribution in [0.15, 0.2) is 0 Å². The summed E-state index contributed by atoms with van der Waals surface area (Å²) in [6, 6.07) is -3.66. The summed E-state index contributed by atoms with van der Waals surface area (Å²) in [6.07, 6.45) is 4.34. The van der Waals surface area contributed by atoms with Crippen molar-refractivity contribution >= 4 is 35.5 Å². The maximum Gasteiger partial charge on any atom is 0.326 e. The normalized spacial score (nSPS) is 19.9. The number of rotatable bonds is 13. The summed E-state index contributed by atoms with van der Waals surface area (Å²) in [5.41, 5.74) is 0. The van der Waals surface area contributed by atoms with E-state index in [9.17, 15) is 29.4 Å². The molecule has 1 aliphatic heterocycles. The molecule has 1 rings (SSSR count). The fraction of sp³-hybridized carbons (Fsp3) is 0.789. The molecule has 1 aliphatic rings. The van der Waals surface area contributed by atoms with Gasteiger partial charge in [0.05, 0.1) is 12.6 Å². The van der Waals surface area contributed by atoms with Gasteiger partial charge in [-0.3, -0.25) is 14.4 Å². The van der Waals surface area contributed by atoms with Crippen molar-refractivity contribution in [2.45, 2.75) is 63.7 Å². The Morgan fingerprint density at radius 1 is 1.13 bits per heavy atom. The Morgan fingerprint density at radius 3 is 2.30 bits per heavy atom. The average molecular weight is 447 g/mol. The maximum absolute atomic E-state index is 12.7. The first kappa shape index (κ1) is 26.2. The zero-order chi connectivity index (χ0) is 22.7. The third-order valence-electron chi connectivity index (χ3n) is 5.21. The summed E-state index contributed by atoms with van der Waals surface area (Å²) in [5.74, 6) is -2.56. The molecule has 11 heteroatoms. The van der Waals surface area contributed by atoms with E-state index in [4.69, 9.17) is 0 Å². The summed E-state index contributed by atoms with van der Waals surface area (Å²) in [5, 5.41) is 29.5. The molecule has 0 aromatic carbocycles. The van der Waals surface area contributed by atoms with E-state index in [-0.39, 0.29) is 17.9 Å². The quantitative estimate of drug-likeness (QED) is 0.212. The Bertz CT molecular complexity index is 600. The van der Waals surface area contributed by atoms with Crippen LogP contribution in [0.4, 0.5) is 0 Å². The molecule has 5 unspecified atom stereocenters. The topological polar surface area (TPSA) is 157 Å². The summed E-state index contributed by atoms with van der Waals surface area (Å²) < 4.78 is 0. The highest BCUT2D eigenvalue weighted by Crippen LogP contribution is 2.09. The lowest BCUT2D eigenvalue weighted by Crippen LogP contribution is -2.58. The summed E-state index contributed by atoms with van der Waals surface area (Å²) in [7, 11) is 0.